The molecule has 1 aliphatic heterocycles. The summed E-state index contributed by atoms with van der Waals surface area (Å²) in [5, 5.41) is 2.85. The lowest BCUT2D eigenvalue weighted by molar-refractivity contribution is 0.117. The van der Waals surface area contributed by atoms with Crippen LogP contribution in [0.25, 0.3) is 0 Å². The van der Waals surface area contributed by atoms with Crippen LogP contribution in [-0.4, -0.2) is 43.7 Å². The molecule has 0 aliphatic carbocycles. The molecule has 2 rings (SSSR count). The van der Waals surface area contributed by atoms with Crippen LogP contribution in [0.2, 0.25) is 0 Å². The Morgan fingerprint density at radius 2 is 1.86 bits per heavy atom. The predicted molar refractivity (Wildman–Crippen MR) is 83.8 cm³/mol. The number of hydrogen-bond acceptors (Lipinski definition) is 4. The van der Waals surface area contributed by atoms with Gasteiger partial charge in [0.15, 0.2) is 0 Å². The lowest BCUT2D eigenvalue weighted by atomic mass is 9.91. The highest BCUT2D eigenvalue weighted by molar-refractivity contribution is 7.88. The monoisotopic (exact) mass is 326 g/mol. The molecule has 1 saturated heterocycles. The third-order valence-corrected chi connectivity index (χ3v) is 5.21. The molecule has 1 amide bonds. The average Bonchev–Trinajstić information content (AvgIpc) is 2.45. The van der Waals surface area contributed by atoms with Gasteiger partial charge >= 0.3 is 6.09 Å². The number of nitrogens with one attached hydrogen (secondary N) is 1. The van der Waals surface area contributed by atoms with Gasteiger partial charge in [-0.05, 0) is 25.3 Å². The molecule has 1 aromatic rings. The maximum Gasteiger partial charge on any atom is 0.407 e. The second kappa shape index (κ2) is 6.66. The van der Waals surface area contributed by atoms with E-state index in [1.165, 1.54) is 10.6 Å². The van der Waals surface area contributed by atoms with Crippen LogP contribution in [0.1, 0.15) is 25.3 Å². The van der Waals surface area contributed by atoms with Crippen molar-refractivity contribution in [2.24, 2.45) is 0 Å². The fourth-order valence-corrected chi connectivity index (χ4v) is 3.29. The van der Waals surface area contributed by atoms with Crippen LogP contribution < -0.4 is 5.32 Å². The highest BCUT2D eigenvalue weighted by Gasteiger charge is 2.34. The van der Waals surface area contributed by atoms with Crippen molar-refractivity contribution >= 4 is 16.1 Å². The summed E-state index contributed by atoms with van der Waals surface area (Å²) in [4.78, 5) is 11.9. The number of ether oxygens (including phenoxy) is 1. The molecule has 1 aliphatic rings. The van der Waals surface area contributed by atoms with Gasteiger partial charge in [-0.25, -0.2) is 17.5 Å². The predicted octanol–water partition coefficient (Wildman–Crippen LogP) is 1.73. The van der Waals surface area contributed by atoms with Gasteiger partial charge in [-0.2, -0.15) is 0 Å². The first kappa shape index (κ1) is 16.8. The minimum atomic E-state index is -3.16. The molecule has 1 aromatic carbocycles. The Balaban J connectivity index is 1.82. The molecule has 1 heterocycles. The van der Waals surface area contributed by atoms with Gasteiger partial charge in [0.25, 0.3) is 0 Å². The number of amides is 1. The summed E-state index contributed by atoms with van der Waals surface area (Å²) in [6, 6.07) is 9.46. The van der Waals surface area contributed by atoms with Crippen LogP contribution in [0.5, 0.6) is 0 Å². The van der Waals surface area contributed by atoms with Crippen LogP contribution in [0.4, 0.5) is 4.79 Å². The molecule has 22 heavy (non-hydrogen) atoms. The molecule has 0 spiro atoms. The van der Waals surface area contributed by atoms with E-state index in [1.54, 1.807) is 0 Å². The number of benzene rings is 1. The number of nitrogens with zero attached hydrogens (tertiary/aromatic N) is 1. The van der Waals surface area contributed by atoms with Gasteiger partial charge < -0.3 is 10.1 Å². The maximum atomic E-state index is 11.9. The first-order valence-corrected chi connectivity index (χ1v) is 9.07. The van der Waals surface area contributed by atoms with Crippen molar-refractivity contribution in [1.29, 1.82) is 0 Å². The summed E-state index contributed by atoms with van der Waals surface area (Å²) in [7, 11) is -3.16. The van der Waals surface area contributed by atoms with Gasteiger partial charge in [-0.1, -0.05) is 30.3 Å². The Morgan fingerprint density at radius 3 is 2.41 bits per heavy atom. The third kappa shape index (κ3) is 4.71. The molecule has 0 bridgehead atoms. The highest BCUT2D eigenvalue weighted by Crippen LogP contribution is 2.23. The molecule has 0 saturated carbocycles. The summed E-state index contributed by atoms with van der Waals surface area (Å²) < 4.78 is 29.6. The van der Waals surface area contributed by atoms with Crippen LogP contribution >= 0.6 is 0 Å². The van der Waals surface area contributed by atoms with E-state index in [4.69, 9.17) is 4.74 Å². The second-order valence-corrected chi connectivity index (χ2v) is 7.89. The Kier molecular flexibility index (Phi) is 5.08. The van der Waals surface area contributed by atoms with Crippen molar-refractivity contribution in [3.63, 3.8) is 0 Å². The SMILES string of the molecule is CC1(NC(=O)OCc2ccccc2)CCN(S(C)(=O)=O)CC1. The number of alkyl carbamates (subject to hydrolysis) is 1. The first-order chi connectivity index (χ1) is 10.3. The number of rotatable bonds is 4. The van der Waals surface area contributed by atoms with E-state index in [0.717, 1.165) is 5.56 Å². The van der Waals surface area contributed by atoms with E-state index in [2.05, 4.69) is 5.32 Å². The van der Waals surface area contributed by atoms with Crippen molar-refractivity contribution in [1.82, 2.24) is 9.62 Å². The first-order valence-electron chi connectivity index (χ1n) is 7.22. The molecule has 0 unspecified atom stereocenters. The second-order valence-electron chi connectivity index (χ2n) is 5.91. The molecule has 6 nitrogen and oxygen atoms in total. The number of sulfonamides is 1. The Bertz CT molecular complexity index is 608. The molecule has 7 heteroatoms. The fourth-order valence-electron chi connectivity index (χ4n) is 2.44. The number of hydrogen-bond donors (Lipinski definition) is 1. The normalized spacial score (nSPS) is 18.6. The molecule has 0 radical (unpaired) electrons. The van der Waals surface area contributed by atoms with Crippen molar-refractivity contribution in [2.75, 3.05) is 19.3 Å². The van der Waals surface area contributed by atoms with Crippen molar-refractivity contribution in [3.05, 3.63) is 35.9 Å². The number of carbonyl (C=O) groups is 1. The highest BCUT2D eigenvalue weighted by atomic mass is 32.2. The summed E-state index contributed by atoms with van der Waals surface area (Å²) in [5.74, 6) is 0. The zero-order valence-corrected chi connectivity index (χ0v) is 13.7. The Hall–Kier alpha value is -1.60. The quantitative estimate of drug-likeness (QED) is 0.914. The van der Waals surface area contributed by atoms with Gasteiger partial charge in [0.1, 0.15) is 6.61 Å². The van der Waals surface area contributed by atoms with E-state index < -0.39 is 21.7 Å². The molecule has 0 aromatic heterocycles. The van der Waals surface area contributed by atoms with Gasteiger partial charge in [0.2, 0.25) is 10.0 Å². The van der Waals surface area contributed by atoms with E-state index in [9.17, 15) is 13.2 Å². The van der Waals surface area contributed by atoms with E-state index >= 15 is 0 Å². The Labute approximate surface area is 131 Å². The van der Waals surface area contributed by atoms with Crippen LogP contribution in [0.15, 0.2) is 30.3 Å². The lowest BCUT2D eigenvalue weighted by Crippen LogP contribution is -2.54. The summed E-state index contributed by atoms with van der Waals surface area (Å²) in [6.45, 7) is 2.96. The largest absolute Gasteiger partial charge is 0.445 e. The fraction of sp³-hybridized carbons (Fsp3) is 0.533. The van der Waals surface area contributed by atoms with Crippen LogP contribution in [0.3, 0.4) is 0 Å². The minimum Gasteiger partial charge on any atom is -0.445 e. The summed E-state index contributed by atoms with van der Waals surface area (Å²) >= 11 is 0. The van der Waals surface area contributed by atoms with Crippen LogP contribution in [-0.2, 0) is 21.4 Å². The number of piperidine rings is 1. The molecular formula is C15H22N2O4S. The lowest BCUT2D eigenvalue weighted by Gasteiger charge is -2.38. The van der Waals surface area contributed by atoms with Crippen molar-refractivity contribution < 1.29 is 17.9 Å². The molecule has 0 atom stereocenters. The van der Waals surface area contributed by atoms with E-state index in [1.807, 2.05) is 37.3 Å². The maximum absolute atomic E-state index is 11.9. The standard InChI is InChI=1S/C15H22N2O4S/c1-15(8-10-17(11-9-15)22(2,19)20)16-14(18)21-12-13-6-4-3-5-7-13/h3-7H,8-12H2,1-2H3,(H,16,18). The summed E-state index contributed by atoms with van der Waals surface area (Å²) in [6.07, 6.45) is 1.87. The summed E-state index contributed by atoms with van der Waals surface area (Å²) in [5.41, 5.74) is 0.490. The third-order valence-electron chi connectivity index (χ3n) is 3.91. The van der Waals surface area contributed by atoms with Crippen molar-refractivity contribution in [3.8, 4) is 0 Å². The van der Waals surface area contributed by atoms with E-state index in [0.29, 0.717) is 25.9 Å². The van der Waals surface area contributed by atoms with Crippen LogP contribution in [0, 0.1) is 0 Å². The van der Waals surface area contributed by atoms with E-state index in [-0.39, 0.29) is 6.61 Å². The Morgan fingerprint density at radius 1 is 1.27 bits per heavy atom. The zero-order valence-electron chi connectivity index (χ0n) is 12.9. The van der Waals surface area contributed by atoms with Gasteiger partial charge in [0, 0.05) is 18.6 Å². The van der Waals surface area contributed by atoms with Crippen molar-refractivity contribution in [2.45, 2.75) is 31.9 Å². The molecule has 1 N–H and O–H groups in total. The van der Waals surface area contributed by atoms with Gasteiger partial charge in [0.05, 0.1) is 6.26 Å². The smallest absolute Gasteiger partial charge is 0.407 e. The van der Waals surface area contributed by atoms with Gasteiger partial charge in [-0.15, -0.1) is 0 Å². The molecular weight excluding hydrogens is 304 g/mol. The molecule has 1 fully saturated rings. The minimum absolute atomic E-state index is 0.220. The number of carbonyl (C=O) groups excluding carboxylic acids is 1. The topological polar surface area (TPSA) is 75.7 Å². The zero-order chi connectivity index (χ0) is 16.2. The molecule has 122 valence electrons. The van der Waals surface area contributed by atoms with Gasteiger partial charge in [-0.3, -0.25) is 0 Å². The average molecular weight is 326 g/mol.